The summed E-state index contributed by atoms with van der Waals surface area (Å²) in [5, 5.41) is 8.15. The fourth-order valence-corrected chi connectivity index (χ4v) is 2.40. The summed E-state index contributed by atoms with van der Waals surface area (Å²) in [7, 11) is 5.44. The lowest BCUT2D eigenvalue weighted by Gasteiger charge is -2.22. The van der Waals surface area contributed by atoms with Gasteiger partial charge in [-0.1, -0.05) is 0 Å². The maximum atomic E-state index is 12.1. The number of nitrogens with zero attached hydrogens (tertiary/aromatic N) is 1. The number of urea groups is 1. The van der Waals surface area contributed by atoms with Gasteiger partial charge in [-0.15, -0.1) is 0 Å². The van der Waals surface area contributed by atoms with Crippen molar-refractivity contribution in [2.45, 2.75) is 12.5 Å². The molecular weight excluding hydrogens is 348 g/mol. The quantitative estimate of drug-likeness (QED) is 0.625. The number of nitrogens with one attached hydrogen (secondary N) is 3. The van der Waals surface area contributed by atoms with Crippen LogP contribution >= 0.6 is 0 Å². The zero-order valence-electron chi connectivity index (χ0n) is 15.8. The number of carbonyl (C=O) groups excluding carboxylic acids is 2. The molecular formula is C19H26N4O4. The molecule has 1 heterocycles. The maximum Gasteiger partial charge on any atom is 0.319 e. The molecule has 0 saturated heterocycles. The predicted molar refractivity (Wildman–Crippen MR) is 103 cm³/mol. The number of rotatable bonds is 9. The first kappa shape index (κ1) is 20.3. The van der Waals surface area contributed by atoms with Crippen LogP contribution in [0.25, 0.3) is 0 Å². The summed E-state index contributed by atoms with van der Waals surface area (Å²) in [6, 6.07) is 10.3. The SMILES string of the molecule is CNC(=O)CCOc1ccc(NC(=O)NCC(c2ccco2)N(C)C)cc1. The number of ether oxygens (including phenoxy) is 1. The monoisotopic (exact) mass is 374 g/mol. The van der Waals surface area contributed by atoms with Crippen LogP contribution in [0.5, 0.6) is 5.75 Å². The second-order valence-electron chi connectivity index (χ2n) is 6.13. The van der Waals surface area contributed by atoms with Gasteiger partial charge in [-0.3, -0.25) is 9.69 Å². The van der Waals surface area contributed by atoms with E-state index in [1.807, 2.05) is 31.1 Å². The van der Waals surface area contributed by atoms with Gasteiger partial charge in [0.25, 0.3) is 0 Å². The minimum Gasteiger partial charge on any atom is -0.493 e. The number of hydrogen-bond acceptors (Lipinski definition) is 5. The molecule has 2 rings (SSSR count). The highest BCUT2D eigenvalue weighted by atomic mass is 16.5. The molecule has 0 saturated carbocycles. The summed E-state index contributed by atoms with van der Waals surface area (Å²) < 4.78 is 10.9. The van der Waals surface area contributed by atoms with Gasteiger partial charge in [0.1, 0.15) is 11.5 Å². The third-order valence-corrected chi connectivity index (χ3v) is 3.94. The zero-order chi connectivity index (χ0) is 19.6. The third kappa shape index (κ3) is 6.67. The molecule has 0 aliphatic carbocycles. The molecule has 0 aliphatic heterocycles. The van der Waals surface area contributed by atoms with Crippen LogP contribution in [-0.4, -0.2) is 51.1 Å². The Morgan fingerprint density at radius 2 is 1.93 bits per heavy atom. The molecule has 0 bridgehead atoms. The van der Waals surface area contributed by atoms with Gasteiger partial charge in [-0.2, -0.15) is 0 Å². The van der Waals surface area contributed by atoms with Crippen molar-refractivity contribution in [2.24, 2.45) is 0 Å². The number of likely N-dealkylation sites (N-methyl/N-ethyl adjacent to an activating group) is 1. The lowest BCUT2D eigenvalue weighted by Crippen LogP contribution is -2.36. The first-order valence-corrected chi connectivity index (χ1v) is 8.67. The van der Waals surface area contributed by atoms with Gasteiger partial charge in [-0.25, -0.2) is 4.79 Å². The molecule has 27 heavy (non-hydrogen) atoms. The minimum absolute atomic E-state index is 0.0538. The van der Waals surface area contributed by atoms with Crippen LogP contribution in [0.15, 0.2) is 47.1 Å². The molecule has 8 heteroatoms. The smallest absolute Gasteiger partial charge is 0.319 e. The fourth-order valence-electron chi connectivity index (χ4n) is 2.40. The van der Waals surface area contributed by atoms with Crippen LogP contribution in [0.4, 0.5) is 10.5 Å². The van der Waals surface area contributed by atoms with Crippen molar-refractivity contribution < 1.29 is 18.7 Å². The molecule has 1 aromatic heterocycles. The summed E-state index contributed by atoms with van der Waals surface area (Å²) in [4.78, 5) is 25.3. The van der Waals surface area contributed by atoms with Gasteiger partial charge in [0.05, 0.1) is 25.3 Å². The van der Waals surface area contributed by atoms with Crippen LogP contribution in [0.1, 0.15) is 18.2 Å². The van der Waals surface area contributed by atoms with Gasteiger partial charge in [0.15, 0.2) is 0 Å². The van der Waals surface area contributed by atoms with E-state index in [1.54, 1.807) is 37.6 Å². The van der Waals surface area contributed by atoms with E-state index >= 15 is 0 Å². The number of furan rings is 1. The Morgan fingerprint density at radius 3 is 2.52 bits per heavy atom. The van der Waals surface area contributed by atoms with E-state index in [2.05, 4.69) is 16.0 Å². The highest BCUT2D eigenvalue weighted by molar-refractivity contribution is 5.89. The van der Waals surface area contributed by atoms with E-state index < -0.39 is 0 Å². The van der Waals surface area contributed by atoms with Crippen molar-refractivity contribution in [3.05, 3.63) is 48.4 Å². The zero-order valence-corrected chi connectivity index (χ0v) is 15.8. The largest absolute Gasteiger partial charge is 0.493 e. The molecule has 0 radical (unpaired) electrons. The van der Waals surface area contributed by atoms with Crippen molar-refractivity contribution in [2.75, 3.05) is 39.6 Å². The van der Waals surface area contributed by atoms with E-state index in [0.717, 1.165) is 5.76 Å². The molecule has 146 valence electrons. The van der Waals surface area contributed by atoms with Gasteiger partial charge >= 0.3 is 6.03 Å². The Kier molecular flexibility index (Phi) is 7.69. The van der Waals surface area contributed by atoms with Crippen molar-refractivity contribution in [1.82, 2.24) is 15.5 Å². The second-order valence-corrected chi connectivity index (χ2v) is 6.13. The fraction of sp³-hybridized carbons (Fsp3) is 0.368. The van der Waals surface area contributed by atoms with Gasteiger partial charge in [-0.05, 0) is 50.5 Å². The molecule has 3 amide bonds. The molecule has 8 nitrogen and oxygen atoms in total. The van der Waals surface area contributed by atoms with Crippen molar-refractivity contribution >= 4 is 17.6 Å². The molecule has 2 aromatic rings. The molecule has 1 atom stereocenters. The third-order valence-electron chi connectivity index (χ3n) is 3.94. The Balaban J connectivity index is 1.79. The minimum atomic E-state index is -0.304. The summed E-state index contributed by atoms with van der Waals surface area (Å²) in [6.45, 7) is 0.707. The van der Waals surface area contributed by atoms with Crippen LogP contribution < -0.4 is 20.7 Å². The summed E-state index contributed by atoms with van der Waals surface area (Å²) in [5.74, 6) is 1.35. The van der Waals surface area contributed by atoms with E-state index in [9.17, 15) is 9.59 Å². The average molecular weight is 374 g/mol. The van der Waals surface area contributed by atoms with Gasteiger partial charge < -0.3 is 25.1 Å². The van der Waals surface area contributed by atoms with E-state index in [1.165, 1.54) is 0 Å². The van der Waals surface area contributed by atoms with Gasteiger partial charge in [0.2, 0.25) is 5.91 Å². The lowest BCUT2D eigenvalue weighted by molar-refractivity contribution is -0.121. The Bertz CT molecular complexity index is 714. The first-order chi connectivity index (χ1) is 13.0. The predicted octanol–water partition coefficient (Wildman–Crippen LogP) is 2.22. The number of anilines is 1. The van der Waals surface area contributed by atoms with E-state index in [-0.39, 0.29) is 18.0 Å². The van der Waals surface area contributed by atoms with Crippen molar-refractivity contribution in [1.29, 1.82) is 0 Å². The highest BCUT2D eigenvalue weighted by Gasteiger charge is 2.17. The molecule has 0 aliphatic rings. The summed E-state index contributed by atoms with van der Waals surface area (Å²) >= 11 is 0. The summed E-state index contributed by atoms with van der Waals surface area (Å²) in [5.41, 5.74) is 0.644. The maximum absolute atomic E-state index is 12.1. The number of carbonyl (C=O) groups is 2. The highest BCUT2D eigenvalue weighted by Crippen LogP contribution is 2.18. The second kappa shape index (κ2) is 10.2. The Labute approximate surface area is 158 Å². The Hall–Kier alpha value is -3.00. The standard InChI is InChI=1S/C19H26N4O4/c1-20-18(24)10-12-26-15-8-6-14(7-9-15)22-19(25)21-13-16(23(2)3)17-5-4-11-27-17/h4-9,11,16H,10,12-13H2,1-3H3,(H,20,24)(H2,21,22,25). The van der Waals surface area contributed by atoms with Gasteiger partial charge in [0, 0.05) is 19.3 Å². The summed E-state index contributed by atoms with van der Waals surface area (Å²) in [6.07, 6.45) is 1.91. The molecule has 0 fully saturated rings. The number of hydrogen-bond donors (Lipinski definition) is 3. The normalized spacial score (nSPS) is 11.7. The number of benzene rings is 1. The van der Waals surface area contributed by atoms with Crippen LogP contribution in [0, 0.1) is 0 Å². The van der Waals surface area contributed by atoms with E-state index in [4.69, 9.17) is 9.15 Å². The van der Waals surface area contributed by atoms with Crippen LogP contribution in [0.3, 0.4) is 0 Å². The van der Waals surface area contributed by atoms with Crippen molar-refractivity contribution in [3.8, 4) is 5.75 Å². The van der Waals surface area contributed by atoms with Crippen molar-refractivity contribution in [3.63, 3.8) is 0 Å². The average Bonchev–Trinajstić information content (AvgIpc) is 3.17. The van der Waals surface area contributed by atoms with E-state index in [0.29, 0.717) is 31.0 Å². The van der Waals surface area contributed by atoms with Crippen LogP contribution in [0.2, 0.25) is 0 Å². The molecule has 3 N–H and O–H groups in total. The molecule has 1 unspecified atom stereocenters. The first-order valence-electron chi connectivity index (χ1n) is 8.67. The lowest BCUT2D eigenvalue weighted by atomic mass is 10.2. The Morgan fingerprint density at radius 1 is 1.19 bits per heavy atom. The van der Waals surface area contributed by atoms with Crippen LogP contribution in [-0.2, 0) is 4.79 Å². The molecule has 0 spiro atoms. The number of amides is 3. The topological polar surface area (TPSA) is 95.8 Å². The molecule has 1 aromatic carbocycles.